The van der Waals surface area contributed by atoms with E-state index in [0.29, 0.717) is 6.54 Å². The molecule has 1 unspecified atom stereocenters. The molecule has 1 aromatic carbocycles. The van der Waals surface area contributed by atoms with Crippen LogP contribution < -0.4 is 10.6 Å². The zero-order chi connectivity index (χ0) is 12.3. The molecule has 2 N–H and O–H groups in total. The van der Waals surface area contributed by atoms with Crippen molar-refractivity contribution >= 4 is 6.03 Å². The maximum Gasteiger partial charge on any atom is 0.316 e. The van der Waals surface area contributed by atoms with Gasteiger partial charge in [-0.3, -0.25) is 0 Å². The number of nitrogens with zero attached hydrogens (tertiary/aromatic N) is 1. The van der Waals surface area contributed by atoms with Crippen LogP contribution in [0.5, 0.6) is 0 Å². The van der Waals surface area contributed by atoms with Crippen LogP contribution in [-0.4, -0.2) is 38.1 Å². The average molecular weight is 233 g/mol. The molecule has 17 heavy (non-hydrogen) atoms. The van der Waals surface area contributed by atoms with Gasteiger partial charge in [0.05, 0.1) is 0 Å². The number of amides is 2. The van der Waals surface area contributed by atoms with E-state index >= 15 is 0 Å². The van der Waals surface area contributed by atoms with Crippen LogP contribution in [0.25, 0.3) is 0 Å². The second-order valence-electron chi connectivity index (χ2n) is 4.54. The summed E-state index contributed by atoms with van der Waals surface area (Å²) < 4.78 is 0. The zero-order valence-corrected chi connectivity index (χ0v) is 10.4. The van der Waals surface area contributed by atoms with Crippen molar-refractivity contribution in [1.29, 1.82) is 0 Å². The van der Waals surface area contributed by atoms with Crippen molar-refractivity contribution in [3.8, 4) is 0 Å². The Morgan fingerprint density at radius 1 is 1.47 bits per heavy atom. The molecule has 92 valence electrons. The molecule has 0 fully saturated rings. The molecule has 1 aliphatic heterocycles. The van der Waals surface area contributed by atoms with Crippen molar-refractivity contribution in [2.24, 2.45) is 0 Å². The van der Waals surface area contributed by atoms with E-state index < -0.39 is 0 Å². The second-order valence-corrected chi connectivity index (χ2v) is 4.54. The van der Waals surface area contributed by atoms with Crippen LogP contribution >= 0.6 is 0 Å². The Labute approximate surface area is 102 Å². The molecule has 1 heterocycles. The molecule has 0 radical (unpaired) electrons. The molecule has 0 aromatic heterocycles. The maximum absolute atomic E-state index is 11.5. The van der Waals surface area contributed by atoms with E-state index in [1.165, 1.54) is 11.1 Å². The highest BCUT2D eigenvalue weighted by molar-refractivity contribution is 5.73. The fourth-order valence-corrected chi connectivity index (χ4v) is 2.12. The van der Waals surface area contributed by atoms with E-state index in [9.17, 15) is 4.79 Å². The van der Waals surface area contributed by atoms with Crippen LogP contribution in [0, 0.1) is 0 Å². The lowest BCUT2D eigenvalue weighted by molar-refractivity contribution is 0.216. The molecule has 1 aromatic rings. The number of hydrogen-bond acceptors (Lipinski definition) is 2. The molecular weight excluding hydrogens is 214 g/mol. The van der Waals surface area contributed by atoms with Gasteiger partial charge in [0, 0.05) is 26.7 Å². The summed E-state index contributed by atoms with van der Waals surface area (Å²) in [5, 5.41) is 6.35. The van der Waals surface area contributed by atoms with Crippen molar-refractivity contribution in [2.45, 2.75) is 12.5 Å². The lowest BCUT2D eigenvalue weighted by Crippen LogP contribution is -2.42. The van der Waals surface area contributed by atoms with Crippen molar-refractivity contribution in [2.75, 3.05) is 27.2 Å². The number of benzene rings is 1. The molecule has 0 bridgehead atoms. The molecule has 2 rings (SSSR count). The van der Waals surface area contributed by atoms with E-state index in [1.54, 1.807) is 19.0 Å². The van der Waals surface area contributed by atoms with Gasteiger partial charge in [-0.05, 0) is 24.1 Å². The molecule has 0 spiro atoms. The summed E-state index contributed by atoms with van der Waals surface area (Å²) in [5.41, 5.74) is 2.69. The minimum absolute atomic E-state index is 0.0464. The fourth-order valence-electron chi connectivity index (χ4n) is 2.12. The fraction of sp³-hybridized carbons (Fsp3) is 0.462. The van der Waals surface area contributed by atoms with Gasteiger partial charge in [-0.25, -0.2) is 4.79 Å². The summed E-state index contributed by atoms with van der Waals surface area (Å²) in [6.07, 6.45) is 1.06. The molecule has 2 amide bonds. The molecule has 1 atom stereocenters. The van der Waals surface area contributed by atoms with E-state index in [4.69, 9.17) is 0 Å². The van der Waals surface area contributed by atoms with Crippen molar-refractivity contribution in [1.82, 2.24) is 15.5 Å². The van der Waals surface area contributed by atoms with Crippen LogP contribution in [0.3, 0.4) is 0 Å². The lowest BCUT2D eigenvalue weighted by atomic mass is 9.94. The highest BCUT2D eigenvalue weighted by atomic mass is 16.2. The van der Waals surface area contributed by atoms with E-state index in [0.717, 1.165) is 13.0 Å². The number of urea groups is 1. The Morgan fingerprint density at radius 2 is 2.24 bits per heavy atom. The molecule has 4 heteroatoms. The smallest absolute Gasteiger partial charge is 0.316 e. The number of nitrogens with one attached hydrogen (secondary N) is 2. The Kier molecular flexibility index (Phi) is 3.64. The number of rotatable bonds is 2. The monoisotopic (exact) mass is 233 g/mol. The lowest BCUT2D eigenvalue weighted by Gasteiger charge is -2.27. The SMILES string of the molecule is CN(C)C(=O)NCC1NCCc2ccccc21. The Bertz CT molecular complexity index is 403. The first kappa shape index (κ1) is 11.9. The third-order valence-electron chi connectivity index (χ3n) is 3.08. The maximum atomic E-state index is 11.5. The van der Waals surface area contributed by atoms with Gasteiger partial charge in [-0.1, -0.05) is 24.3 Å². The predicted molar refractivity (Wildman–Crippen MR) is 68.0 cm³/mol. The average Bonchev–Trinajstić information content (AvgIpc) is 2.35. The van der Waals surface area contributed by atoms with Crippen LogP contribution in [0.1, 0.15) is 17.2 Å². The summed E-state index contributed by atoms with van der Waals surface area (Å²) >= 11 is 0. The van der Waals surface area contributed by atoms with Gasteiger partial charge in [-0.15, -0.1) is 0 Å². The third kappa shape index (κ3) is 2.77. The second kappa shape index (κ2) is 5.19. The summed E-state index contributed by atoms with van der Waals surface area (Å²) in [7, 11) is 3.50. The first-order valence-corrected chi connectivity index (χ1v) is 5.95. The molecule has 0 saturated carbocycles. The summed E-state index contributed by atoms with van der Waals surface area (Å²) in [4.78, 5) is 13.0. The van der Waals surface area contributed by atoms with Crippen LogP contribution in [0.15, 0.2) is 24.3 Å². The highest BCUT2D eigenvalue weighted by Crippen LogP contribution is 2.21. The van der Waals surface area contributed by atoms with Gasteiger partial charge in [0.1, 0.15) is 0 Å². The van der Waals surface area contributed by atoms with Crippen LogP contribution in [0.2, 0.25) is 0 Å². The van der Waals surface area contributed by atoms with Gasteiger partial charge < -0.3 is 15.5 Å². The first-order valence-electron chi connectivity index (χ1n) is 5.95. The predicted octanol–water partition coefficient (Wildman–Crippen LogP) is 1.14. The van der Waals surface area contributed by atoms with Crippen molar-refractivity contribution in [3.05, 3.63) is 35.4 Å². The minimum Gasteiger partial charge on any atom is -0.336 e. The largest absolute Gasteiger partial charge is 0.336 e. The van der Waals surface area contributed by atoms with Gasteiger partial charge in [0.2, 0.25) is 0 Å². The quantitative estimate of drug-likeness (QED) is 0.804. The Morgan fingerprint density at radius 3 is 3.00 bits per heavy atom. The minimum atomic E-state index is -0.0464. The van der Waals surface area contributed by atoms with E-state index in [2.05, 4.69) is 28.8 Å². The van der Waals surface area contributed by atoms with Crippen LogP contribution in [0.4, 0.5) is 4.79 Å². The number of fused-ring (bicyclic) bond motifs is 1. The molecule has 1 aliphatic rings. The van der Waals surface area contributed by atoms with Crippen molar-refractivity contribution < 1.29 is 4.79 Å². The zero-order valence-electron chi connectivity index (χ0n) is 10.4. The standard InChI is InChI=1S/C13H19N3O/c1-16(2)13(17)15-9-12-11-6-4-3-5-10(11)7-8-14-12/h3-6,12,14H,7-9H2,1-2H3,(H,15,17). The number of carbonyl (C=O) groups is 1. The van der Waals surface area contributed by atoms with Gasteiger partial charge >= 0.3 is 6.03 Å². The summed E-state index contributed by atoms with van der Waals surface area (Å²) in [5.74, 6) is 0. The van der Waals surface area contributed by atoms with Gasteiger partial charge in [0.15, 0.2) is 0 Å². The molecular formula is C13H19N3O. The van der Waals surface area contributed by atoms with Gasteiger partial charge in [-0.2, -0.15) is 0 Å². The first-order chi connectivity index (χ1) is 8.18. The Hall–Kier alpha value is -1.55. The molecule has 0 saturated heterocycles. The van der Waals surface area contributed by atoms with Gasteiger partial charge in [0.25, 0.3) is 0 Å². The Balaban J connectivity index is 2.01. The van der Waals surface area contributed by atoms with E-state index in [-0.39, 0.29) is 12.1 Å². The van der Waals surface area contributed by atoms with E-state index in [1.807, 2.05) is 6.07 Å². The number of hydrogen-bond donors (Lipinski definition) is 2. The van der Waals surface area contributed by atoms with Crippen LogP contribution in [-0.2, 0) is 6.42 Å². The normalized spacial score (nSPS) is 18.4. The summed E-state index contributed by atoms with van der Waals surface area (Å²) in [6, 6.07) is 8.59. The topological polar surface area (TPSA) is 44.4 Å². The molecule has 4 nitrogen and oxygen atoms in total. The van der Waals surface area contributed by atoms with Crippen molar-refractivity contribution in [3.63, 3.8) is 0 Å². The third-order valence-corrected chi connectivity index (χ3v) is 3.08. The highest BCUT2D eigenvalue weighted by Gasteiger charge is 2.19. The number of carbonyl (C=O) groups excluding carboxylic acids is 1. The molecule has 0 aliphatic carbocycles. The summed E-state index contributed by atoms with van der Waals surface area (Å²) in [6.45, 7) is 1.60.